The molecule has 98 valence electrons. The molecule has 20 heavy (non-hydrogen) atoms. The largest absolute Gasteiger partial charge is 0.144 e. The molecule has 2 aromatic carbocycles. The van der Waals surface area contributed by atoms with E-state index in [2.05, 4.69) is 59.3 Å². The van der Waals surface area contributed by atoms with Crippen LogP contribution in [0.3, 0.4) is 0 Å². The Bertz CT molecular complexity index is 798. The van der Waals surface area contributed by atoms with E-state index in [0.717, 1.165) is 0 Å². The fourth-order valence-electron chi connectivity index (χ4n) is 2.17. The predicted molar refractivity (Wildman–Crippen MR) is 95.4 cm³/mol. The number of thiophene rings is 2. The standard InChI is InChI=1S/C16H10S4/c1-3-13-11(7-9-17-13)15(5-1)19-20-16-6-2-4-14-12(16)8-10-18-14/h1-10H. The van der Waals surface area contributed by atoms with Crippen molar-refractivity contribution in [3.8, 4) is 0 Å². The molecule has 0 saturated carbocycles. The van der Waals surface area contributed by atoms with Gasteiger partial charge >= 0.3 is 0 Å². The van der Waals surface area contributed by atoms with E-state index in [9.17, 15) is 0 Å². The van der Waals surface area contributed by atoms with Gasteiger partial charge < -0.3 is 0 Å². The second-order valence-corrected chi connectivity index (χ2v) is 8.45. The number of fused-ring (bicyclic) bond motifs is 2. The van der Waals surface area contributed by atoms with Crippen molar-refractivity contribution in [2.24, 2.45) is 0 Å². The number of benzene rings is 2. The van der Waals surface area contributed by atoms with Crippen LogP contribution in [-0.4, -0.2) is 0 Å². The zero-order chi connectivity index (χ0) is 13.4. The maximum absolute atomic E-state index is 2.22. The van der Waals surface area contributed by atoms with E-state index in [-0.39, 0.29) is 0 Å². The summed E-state index contributed by atoms with van der Waals surface area (Å²) in [5, 5.41) is 7.07. The first kappa shape index (κ1) is 12.8. The van der Waals surface area contributed by atoms with Gasteiger partial charge in [-0.15, -0.1) is 22.7 Å². The first-order chi connectivity index (χ1) is 9.92. The summed E-state index contributed by atoms with van der Waals surface area (Å²) in [6.07, 6.45) is 0. The van der Waals surface area contributed by atoms with E-state index >= 15 is 0 Å². The van der Waals surface area contributed by atoms with E-state index in [4.69, 9.17) is 0 Å². The normalized spacial score (nSPS) is 11.4. The third-order valence-electron chi connectivity index (χ3n) is 3.13. The van der Waals surface area contributed by atoms with Crippen molar-refractivity contribution in [2.75, 3.05) is 0 Å². The van der Waals surface area contributed by atoms with Crippen LogP contribution in [-0.2, 0) is 0 Å². The number of hydrogen-bond acceptors (Lipinski definition) is 4. The molecule has 0 aliphatic carbocycles. The third-order valence-corrected chi connectivity index (χ3v) is 7.38. The molecule has 2 aromatic heterocycles. The van der Waals surface area contributed by atoms with Crippen molar-refractivity contribution in [3.05, 3.63) is 59.3 Å². The van der Waals surface area contributed by atoms with Gasteiger partial charge in [0.15, 0.2) is 0 Å². The van der Waals surface area contributed by atoms with Gasteiger partial charge in [0.05, 0.1) is 0 Å². The summed E-state index contributed by atoms with van der Waals surface area (Å²) in [7, 11) is 3.71. The van der Waals surface area contributed by atoms with Crippen LogP contribution < -0.4 is 0 Å². The lowest BCUT2D eigenvalue weighted by atomic mass is 10.3. The molecule has 0 aliphatic rings. The first-order valence-corrected chi connectivity index (χ1v) is 10.1. The van der Waals surface area contributed by atoms with E-state index in [1.807, 2.05) is 21.6 Å². The van der Waals surface area contributed by atoms with Gasteiger partial charge in [0.1, 0.15) is 0 Å². The van der Waals surface area contributed by atoms with Crippen LogP contribution in [0, 0.1) is 0 Å². The molecule has 0 N–H and O–H groups in total. The summed E-state index contributed by atoms with van der Waals surface area (Å²) >= 11 is 3.61. The van der Waals surface area contributed by atoms with Crippen LogP contribution in [0.5, 0.6) is 0 Å². The maximum Gasteiger partial charge on any atom is 0.0354 e. The zero-order valence-corrected chi connectivity index (χ0v) is 13.7. The summed E-state index contributed by atoms with van der Waals surface area (Å²) in [6, 6.07) is 17.5. The first-order valence-electron chi connectivity index (χ1n) is 6.19. The molecule has 2 heterocycles. The lowest BCUT2D eigenvalue weighted by Crippen LogP contribution is -1.72. The second-order valence-electron chi connectivity index (χ2n) is 4.34. The molecule has 0 bridgehead atoms. The number of hydrogen-bond donors (Lipinski definition) is 0. The highest BCUT2D eigenvalue weighted by molar-refractivity contribution is 8.76. The van der Waals surface area contributed by atoms with Crippen LogP contribution in [0.1, 0.15) is 0 Å². The third kappa shape index (κ3) is 2.27. The second kappa shape index (κ2) is 5.45. The summed E-state index contributed by atoms with van der Waals surface area (Å²) in [6.45, 7) is 0. The number of rotatable bonds is 3. The highest BCUT2D eigenvalue weighted by Crippen LogP contribution is 2.44. The predicted octanol–water partition coefficient (Wildman–Crippen LogP) is 6.92. The van der Waals surface area contributed by atoms with Crippen LogP contribution >= 0.6 is 44.3 Å². The minimum Gasteiger partial charge on any atom is -0.144 e. The molecule has 0 saturated heterocycles. The van der Waals surface area contributed by atoms with Crippen molar-refractivity contribution in [3.63, 3.8) is 0 Å². The minimum absolute atomic E-state index is 1.35. The SMILES string of the molecule is c1cc(SSc2cccc3sccc23)c2ccsc2c1. The average molecular weight is 331 g/mol. The smallest absolute Gasteiger partial charge is 0.0354 e. The fourth-order valence-corrected chi connectivity index (χ4v) is 6.32. The topological polar surface area (TPSA) is 0 Å². The molecule has 4 heteroatoms. The van der Waals surface area contributed by atoms with Crippen molar-refractivity contribution in [1.29, 1.82) is 0 Å². The summed E-state index contributed by atoms with van der Waals surface area (Å²) in [4.78, 5) is 2.70. The lowest BCUT2D eigenvalue weighted by Gasteiger charge is -2.04. The molecule has 0 unspecified atom stereocenters. The van der Waals surface area contributed by atoms with Gasteiger partial charge in [0, 0.05) is 30.0 Å². The van der Waals surface area contributed by atoms with E-state index in [1.54, 1.807) is 22.7 Å². The highest BCUT2D eigenvalue weighted by atomic mass is 33.1. The quantitative estimate of drug-likeness (QED) is 0.374. The van der Waals surface area contributed by atoms with Crippen LogP contribution in [0.2, 0.25) is 0 Å². The Morgan fingerprint density at radius 2 is 1.10 bits per heavy atom. The van der Waals surface area contributed by atoms with Crippen molar-refractivity contribution >= 4 is 64.4 Å². The van der Waals surface area contributed by atoms with Gasteiger partial charge in [-0.2, -0.15) is 0 Å². The highest BCUT2D eigenvalue weighted by Gasteiger charge is 2.06. The van der Waals surface area contributed by atoms with Gasteiger partial charge in [-0.3, -0.25) is 0 Å². The van der Waals surface area contributed by atoms with Crippen LogP contribution in [0.15, 0.2) is 69.1 Å². The summed E-state index contributed by atoms with van der Waals surface area (Å²) < 4.78 is 2.73. The summed E-state index contributed by atoms with van der Waals surface area (Å²) in [5.41, 5.74) is 0. The molecule has 0 aliphatic heterocycles. The van der Waals surface area contributed by atoms with Gasteiger partial charge in [0.2, 0.25) is 0 Å². The molecule has 4 rings (SSSR count). The van der Waals surface area contributed by atoms with Crippen molar-refractivity contribution in [1.82, 2.24) is 0 Å². The Kier molecular flexibility index (Phi) is 3.48. The van der Waals surface area contributed by atoms with Gasteiger partial charge in [-0.1, -0.05) is 33.7 Å². The molecule has 0 radical (unpaired) electrons. The van der Waals surface area contributed by atoms with Gasteiger partial charge in [0.25, 0.3) is 0 Å². The maximum atomic E-state index is 2.22. The average Bonchev–Trinajstić information content (AvgIpc) is 3.13. The molecular weight excluding hydrogens is 320 g/mol. The summed E-state index contributed by atoms with van der Waals surface area (Å²) in [5.74, 6) is 0. The zero-order valence-electron chi connectivity index (χ0n) is 10.4. The molecule has 0 spiro atoms. The fraction of sp³-hybridized carbons (Fsp3) is 0. The lowest BCUT2D eigenvalue weighted by molar-refractivity contribution is 1.58. The molecule has 4 aromatic rings. The van der Waals surface area contributed by atoms with Crippen LogP contribution in [0.4, 0.5) is 0 Å². The van der Waals surface area contributed by atoms with Gasteiger partial charge in [-0.25, -0.2) is 0 Å². The Labute approximate surface area is 133 Å². The van der Waals surface area contributed by atoms with E-state index in [1.165, 1.54) is 30.0 Å². The van der Waals surface area contributed by atoms with Crippen molar-refractivity contribution < 1.29 is 0 Å². The molecule has 0 fully saturated rings. The molecular formula is C16H10S4. The Morgan fingerprint density at radius 3 is 1.60 bits per heavy atom. The Balaban J connectivity index is 1.67. The van der Waals surface area contributed by atoms with Crippen LogP contribution in [0.25, 0.3) is 20.2 Å². The monoisotopic (exact) mass is 330 g/mol. The molecule has 0 atom stereocenters. The van der Waals surface area contributed by atoms with Crippen molar-refractivity contribution in [2.45, 2.75) is 9.79 Å². The molecule has 0 nitrogen and oxygen atoms in total. The van der Waals surface area contributed by atoms with E-state index in [0.29, 0.717) is 0 Å². The minimum atomic E-state index is 1.35. The van der Waals surface area contributed by atoms with E-state index < -0.39 is 0 Å². The molecule has 0 amide bonds. The van der Waals surface area contributed by atoms with Gasteiger partial charge in [-0.05, 0) is 47.2 Å². The Morgan fingerprint density at radius 1 is 0.600 bits per heavy atom. The Hall–Kier alpha value is -0.940.